The molecule has 0 aliphatic heterocycles. The molecule has 0 bridgehead atoms. The van der Waals surface area contributed by atoms with E-state index in [9.17, 15) is 15.0 Å². The summed E-state index contributed by atoms with van der Waals surface area (Å²) in [6, 6.07) is 4.64. The van der Waals surface area contributed by atoms with Gasteiger partial charge in [0.2, 0.25) is 0 Å². The monoisotopic (exact) mass is 330 g/mol. The van der Waals surface area contributed by atoms with Crippen LogP contribution in [0.4, 0.5) is 0 Å². The number of aromatic hydroxyl groups is 1. The summed E-state index contributed by atoms with van der Waals surface area (Å²) in [6.45, 7) is 2.35. The molecule has 0 fully saturated rings. The highest BCUT2D eigenvalue weighted by molar-refractivity contribution is 7.81. The maximum absolute atomic E-state index is 11.1. The quantitative estimate of drug-likeness (QED) is 0.472. The number of hydrogen-bond donors (Lipinski definition) is 3. The Labute approximate surface area is 135 Å². The van der Waals surface area contributed by atoms with Crippen LogP contribution in [0, 0.1) is 0 Å². The fraction of sp³-hybridized carbons (Fsp3) is 0.533. The second-order valence-corrected chi connectivity index (χ2v) is 4.85. The van der Waals surface area contributed by atoms with Crippen molar-refractivity contribution in [2.75, 3.05) is 26.1 Å². The number of rotatable bonds is 9. The fourth-order valence-electron chi connectivity index (χ4n) is 1.99. The standard InChI is InChI=1S/C15H22O6S/c1-3-20-13(6-7-21-14(17)9-22)15(18)10-4-5-12(19-2)11(16)8-10/h4-5,8,13,15-16,18,22H,3,6-7,9H2,1-2H3/t13-,15-/m0/s1. The molecular weight excluding hydrogens is 308 g/mol. The van der Waals surface area contributed by atoms with Crippen molar-refractivity contribution in [2.45, 2.75) is 25.6 Å². The van der Waals surface area contributed by atoms with E-state index in [2.05, 4.69) is 12.6 Å². The number of thiol groups is 1. The maximum Gasteiger partial charge on any atom is 0.315 e. The normalized spacial score (nSPS) is 13.5. The molecule has 1 aromatic rings. The second kappa shape index (κ2) is 9.55. The topological polar surface area (TPSA) is 85.2 Å². The Bertz CT molecular complexity index is 479. The molecule has 0 aromatic heterocycles. The predicted molar refractivity (Wildman–Crippen MR) is 84.5 cm³/mol. The van der Waals surface area contributed by atoms with E-state index in [1.165, 1.54) is 13.2 Å². The average Bonchev–Trinajstić information content (AvgIpc) is 2.53. The van der Waals surface area contributed by atoms with Crippen LogP contribution in [0.15, 0.2) is 18.2 Å². The predicted octanol–water partition coefficient (Wildman–Crippen LogP) is 1.70. The molecule has 2 atom stereocenters. The summed E-state index contributed by atoms with van der Waals surface area (Å²) in [5.74, 6) is -0.147. The third kappa shape index (κ3) is 5.40. The molecule has 0 unspecified atom stereocenters. The number of carbonyl (C=O) groups excluding carboxylic acids is 1. The van der Waals surface area contributed by atoms with Crippen LogP contribution in [0.25, 0.3) is 0 Å². The number of phenolic OH excluding ortho intramolecular Hbond substituents is 1. The number of aliphatic hydroxyl groups excluding tert-OH is 1. The Hall–Kier alpha value is -1.44. The summed E-state index contributed by atoms with van der Waals surface area (Å²) in [5, 5.41) is 20.2. The molecule has 0 saturated heterocycles. The molecule has 0 spiro atoms. The van der Waals surface area contributed by atoms with Crippen molar-refractivity contribution in [3.05, 3.63) is 23.8 Å². The molecule has 0 radical (unpaired) electrons. The molecule has 7 heteroatoms. The van der Waals surface area contributed by atoms with Crippen LogP contribution in [-0.4, -0.2) is 48.4 Å². The van der Waals surface area contributed by atoms with Crippen LogP contribution >= 0.6 is 12.6 Å². The Morgan fingerprint density at radius 2 is 2.14 bits per heavy atom. The number of ether oxygens (including phenoxy) is 3. The first-order chi connectivity index (χ1) is 10.5. The van der Waals surface area contributed by atoms with Gasteiger partial charge in [-0.05, 0) is 24.6 Å². The third-order valence-electron chi connectivity index (χ3n) is 3.07. The highest BCUT2D eigenvalue weighted by Gasteiger charge is 2.22. The largest absolute Gasteiger partial charge is 0.504 e. The van der Waals surface area contributed by atoms with Crippen molar-refractivity contribution in [3.63, 3.8) is 0 Å². The second-order valence-electron chi connectivity index (χ2n) is 4.54. The van der Waals surface area contributed by atoms with Crippen LogP contribution in [0.1, 0.15) is 25.0 Å². The average molecular weight is 330 g/mol. The van der Waals surface area contributed by atoms with E-state index in [4.69, 9.17) is 14.2 Å². The Kier molecular flexibility index (Phi) is 8.08. The molecular formula is C15H22O6S. The number of aliphatic hydroxyl groups is 1. The lowest BCUT2D eigenvalue weighted by Gasteiger charge is -2.23. The number of carbonyl (C=O) groups is 1. The molecule has 2 N–H and O–H groups in total. The van der Waals surface area contributed by atoms with Gasteiger partial charge in [0, 0.05) is 13.0 Å². The van der Waals surface area contributed by atoms with Crippen molar-refractivity contribution < 1.29 is 29.2 Å². The van der Waals surface area contributed by atoms with E-state index in [1.54, 1.807) is 12.1 Å². The Morgan fingerprint density at radius 1 is 1.41 bits per heavy atom. The first-order valence-electron chi connectivity index (χ1n) is 6.96. The summed E-state index contributed by atoms with van der Waals surface area (Å²) < 4.78 is 15.4. The van der Waals surface area contributed by atoms with Gasteiger partial charge in [0.05, 0.1) is 25.6 Å². The lowest BCUT2D eigenvalue weighted by molar-refractivity contribution is -0.142. The molecule has 0 amide bonds. The van der Waals surface area contributed by atoms with E-state index in [0.717, 1.165) is 0 Å². The van der Waals surface area contributed by atoms with E-state index >= 15 is 0 Å². The minimum Gasteiger partial charge on any atom is -0.504 e. The van der Waals surface area contributed by atoms with Crippen LogP contribution in [0.3, 0.4) is 0 Å². The Balaban J connectivity index is 2.73. The zero-order valence-corrected chi connectivity index (χ0v) is 13.6. The number of benzene rings is 1. The Morgan fingerprint density at radius 3 is 2.68 bits per heavy atom. The van der Waals surface area contributed by atoms with Gasteiger partial charge in [-0.3, -0.25) is 4.79 Å². The summed E-state index contributed by atoms with van der Waals surface area (Å²) in [7, 11) is 1.45. The molecule has 0 saturated carbocycles. The van der Waals surface area contributed by atoms with Crippen LogP contribution < -0.4 is 4.74 Å². The van der Waals surface area contributed by atoms with Crippen molar-refractivity contribution in [2.24, 2.45) is 0 Å². The molecule has 0 heterocycles. The third-order valence-corrected chi connectivity index (χ3v) is 3.33. The number of methoxy groups -OCH3 is 1. The van der Waals surface area contributed by atoms with Gasteiger partial charge in [-0.2, -0.15) is 12.6 Å². The zero-order valence-electron chi connectivity index (χ0n) is 12.7. The van der Waals surface area contributed by atoms with Crippen molar-refractivity contribution in [1.82, 2.24) is 0 Å². The van der Waals surface area contributed by atoms with Gasteiger partial charge >= 0.3 is 5.97 Å². The molecule has 0 aliphatic carbocycles. The first kappa shape index (κ1) is 18.6. The van der Waals surface area contributed by atoms with Gasteiger partial charge in [0.15, 0.2) is 11.5 Å². The highest BCUT2D eigenvalue weighted by Crippen LogP contribution is 2.31. The van der Waals surface area contributed by atoms with Gasteiger partial charge in [-0.15, -0.1) is 0 Å². The van der Waals surface area contributed by atoms with Crippen LogP contribution in [-0.2, 0) is 14.3 Å². The molecule has 1 aromatic carbocycles. The van der Waals surface area contributed by atoms with Crippen molar-refractivity contribution in [1.29, 1.82) is 0 Å². The van der Waals surface area contributed by atoms with Crippen molar-refractivity contribution in [3.8, 4) is 11.5 Å². The van der Waals surface area contributed by atoms with Crippen LogP contribution in [0.2, 0.25) is 0 Å². The van der Waals surface area contributed by atoms with E-state index < -0.39 is 18.2 Å². The van der Waals surface area contributed by atoms with Gasteiger partial charge in [0.1, 0.15) is 6.10 Å². The summed E-state index contributed by atoms with van der Waals surface area (Å²) in [6.07, 6.45) is -1.17. The molecule has 124 valence electrons. The molecule has 6 nitrogen and oxygen atoms in total. The van der Waals surface area contributed by atoms with Gasteiger partial charge in [0.25, 0.3) is 0 Å². The van der Waals surface area contributed by atoms with Gasteiger partial charge < -0.3 is 24.4 Å². The minimum atomic E-state index is -0.952. The molecule has 0 aliphatic rings. The highest BCUT2D eigenvalue weighted by atomic mass is 32.1. The summed E-state index contributed by atoms with van der Waals surface area (Å²) in [5.41, 5.74) is 0.497. The number of hydrogen-bond acceptors (Lipinski definition) is 7. The SMILES string of the molecule is CCO[C@@H](CCOC(=O)CS)[C@@H](O)c1ccc(OC)c(O)c1. The first-order valence-corrected chi connectivity index (χ1v) is 7.59. The fourth-order valence-corrected chi connectivity index (χ4v) is 2.08. The van der Waals surface area contributed by atoms with E-state index in [-0.39, 0.29) is 18.1 Å². The van der Waals surface area contributed by atoms with Gasteiger partial charge in [-0.25, -0.2) is 0 Å². The zero-order chi connectivity index (χ0) is 16.5. The van der Waals surface area contributed by atoms with Gasteiger partial charge in [-0.1, -0.05) is 6.07 Å². The minimum absolute atomic E-state index is 0.00814. The number of phenols is 1. The lowest BCUT2D eigenvalue weighted by atomic mass is 10.0. The molecule has 22 heavy (non-hydrogen) atoms. The lowest BCUT2D eigenvalue weighted by Crippen LogP contribution is -2.25. The maximum atomic E-state index is 11.1. The van der Waals surface area contributed by atoms with E-state index in [0.29, 0.717) is 24.3 Å². The number of esters is 1. The summed E-state index contributed by atoms with van der Waals surface area (Å²) >= 11 is 3.81. The van der Waals surface area contributed by atoms with E-state index in [1.807, 2.05) is 6.92 Å². The van der Waals surface area contributed by atoms with Crippen LogP contribution in [0.5, 0.6) is 11.5 Å². The molecule has 1 rings (SSSR count). The van der Waals surface area contributed by atoms with Crippen molar-refractivity contribution >= 4 is 18.6 Å². The summed E-state index contributed by atoms with van der Waals surface area (Å²) in [4.78, 5) is 11.1. The smallest absolute Gasteiger partial charge is 0.315 e.